The van der Waals surface area contributed by atoms with Gasteiger partial charge >= 0.3 is 0 Å². The van der Waals surface area contributed by atoms with Gasteiger partial charge in [0.15, 0.2) is 11.4 Å². The number of aromatic nitrogens is 1. The molecule has 0 amide bonds. The van der Waals surface area contributed by atoms with E-state index >= 15 is 0 Å². The summed E-state index contributed by atoms with van der Waals surface area (Å²) in [7, 11) is 1.53. The number of aryl methyl sites for hydroxylation is 2. The predicted molar refractivity (Wildman–Crippen MR) is 120 cm³/mol. The Labute approximate surface area is 187 Å². The fourth-order valence-corrected chi connectivity index (χ4v) is 3.73. The third-order valence-electron chi connectivity index (χ3n) is 5.36. The second-order valence-corrected chi connectivity index (χ2v) is 7.21. The van der Waals surface area contributed by atoms with E-state index in [1.165, 1.54) is 36.7 Å². The molecule has 2 aromatic carbocycles. The Bertz CT molecular complexity index is 1730. The molecule has 4 rings (SSSR count). The largest absolute Gasteiger partial charge is 0.456 e. The predicted octanol–water partition coefficient (Wildman–Crippen LogP) is 6.99. The number of pyridine rings is 1. The first-order valence-corrected chi connectivity index (χ1v) is 9.07. The van der Waals surface area contributed by atoms with E-state index in [-0.39, 0.29) is 44.8 Å². The van der Waals surface area contributed by atoms with Crippen molar-refractivity contribution in [3.63, 3.8) is 0 Å². The Balaban J connectivity index is 2.31. The number of hydrogen-bond donors (Lipinski definition) is 0. The van der Waals surface area contributed by atoms with Crippen LogP contribution >= 0.6 is 0 Å². The van der Waals surface area contributed by atoms with Crippen LogP contribution in [0.25, 0.3) is 38.0 Å². The fourth-order valence-electron chi connectivity index (χ4n) is 3.73. The minimum absolute atomic E-state index is 0.00359. The van der Waals surface area contributed by atoms with E-state index in [1.54, 1.807) is 13.0 Å². The zero-order chi connectivity index (χ0) is 30.3. The molecule has 3 nitrogen and oxygen atoms in total. The number of hydrogen-bond acceptors (Lipinski definition) is 1. The van der Waals surface area contributed by atoms with Crippen LogP contribution < -0.4 is 4.57 Å². The normalized spacial score (nSPS) is 20.4. The minimum Gasteiger partial charge on any atom is -0.456 e. The zero-order valence-corrected chi connectivity index (χ0v) is 16.6. The summed E-state index contributed by atoms with van der Waals surface area (Å²) in [5.74, 6) is -2.47. The van der Waals surface area contributed by atoms with Crippen molar-refractivity contribution in [3.8, 4) is 11.3 Å². The van der Waals surface area contributed by atoms with Crippen LogP contribution in [-0.4, -0.2) is 0 Å². The van der Waals surface area contributed by atoms with Crippen molar-refractivity contribution in [3.05, 3.63) is 69.7 Å². The molecule has 3 heteroatoms. The standard InChI is InChI=1S/C26H27N2O/c1-14(2)21-13-22(28(8)18(6)17(21)5)25-16(4)11-15(3)24-20-10-9-19(27-7)12-23(20)29-26(24)25/h9-14H,1-6,8H3/q+1/i1D3,3D3,5D3,13D,14D. The van der Waals surface area contributed by atoms with Gasteiger partial charge in [-0.2, -0.15) is 4.57 Å². The lowest BCUT2D eigenvalue weighted by Gasteiger charge is -2.15. The highest BCUT2D eigenvalue weighted by Gasteiger charge is 2.26. The molecule has 0 aliphatic rings. The van der Waals surface area contributed by atoms with Gasteiger partial charge < -0.3 is 4.42 Å². The Hall–Kier alpha value is -3.12. The van der Waals surface area contributed by atoms with Crippen LogP contribution in [0.15, 0.2) is 34.7 Å². The topological polar surface area (TPSA) is 21.4 Å². The van der Waals surface area contributed by atoms with Gasteiger partial charge in [-0.15, -0.1) is 0 Å². The minimum atomic E-state index is -2.97. The van der Waals surface area contributed by atoms with Gasteiger partial charge in [0.05, 0.1) is 13.5 Å². The lowest BCUT2D eigenvalue weighted by molar-refractivity contribution is -0.667. The summed E-state index contributed by atoms with van der Waals surface area (Å²) in [6, 6.07) is 5.59. The summed E-state index contributed by atoms with van der Waals surface area (Å²) in [6.07, 6.45) is 0. The quantitative estimate of drug-likeness (QED) is 0.265. The summed E-state index contributed by atoms with van der Waals surface area (Å²) >= 11 is 0. The van der Waals surface area contributed by atoms with Crippen molar-refractivity contribution in [1.82, 2.24) is 0 Å². The van der Waals surface area contributed by atoms with Gasteiger partial charge in [-0.05, 0) is 49.3 Å². The van der Waals surface area contributed by atoms with Crippen molar-refractivity contribution in [2.24, 2.45) is 7.05 Å². The lowest BCUT2D eigenvalue weighted by atomic mass is 9.92. The Kier molecular flexibility index (Phi) is 2.34. The van der Waals surface area contributed by atoms with Crippen molar-refractivity contribution in [2.75, 3.05) is 0 Å². The van der Waals surface area contributed by atoms with E-state index in [1.807, 2.05) is 0 Å². The van der Waals surface area contributed by atoms with E-state index in [9.17, 15) is 1.37 Å². The molecule has 1 atom stereocenters. The van der Waals surface area contributed by atoms with E-state index in [2.05, 4.69) is 4.85 Å². The van der Waals surface area contributed by atoms with Crippen LogP contribution in [0.2, 0.25) is 0 Å². The highest BCUT2D eigenvalue weighted by atomic mass is 16.3. The van der Waals surface area contributed by atoms with Gasteiger partial charge in [0.1, 0.15) is 18.2 Å². The first kappa shape index (κ1) is 10.1. The average molecular weight is 395 g/mol. The zero-order valence-electron chi connectivity index (χ0n) is 27.6. The molecule has 0 aliphatic carbocycles. The van der Waals surface area contributed by atoms with Crippen molar-refractivity contribution in [2.45, 2.75) is 47.2 Å². The molecule has 0 saturated heterocycles. The van der Waals surface area contributed by atoms with Crippen molar-refractivity contribution in [1.29, 1.82) is 0 Å². The number of benzene rings is 2. The SMILES string of the molecule is [2H]c1c(C([2H])(C)C([2H])([2H])[2H])c(C([2H])([2H])[2H])c(C)[n+](C)c1-c1c(C)cc(C([2H])([2H])[2H])c2c1oc1cc([N+]#[C-])ccc12. The molecule has 0 aliphatic heterocycles. The second kappa shape index (κ2) is 6.74. The van der Waals surface area contributed by atoms with Gasteiger partial charge in [-0.25, -0.2) is 4.85 Å². The maximum Gasteiger partial charge on any atom is 0.216 e. The molecular formula is C26H27N2O+. The maximum absolute atomic E-state index is 9.19. The van der Waals surface area contributed by atoms with Crippen LogP contribution in [0.3, 0.4) is 0 Å². The number of furan rings is 1. The fraction of sp³-hybridized carbons (Fsp3) is 0.308. The molecule has 4 aromatic rings. The smallest absolute Gasteiger partial charge is 0.216 e. The molecular weight excluding hydrogens is 356 g/mol. The average Bonchev–Trinajstić information content (AvgIpc) is 3.17. The number of rotatable bonds is 2. The Morgan fingerprint density at radius 1 is 1.24 bits per heavy atom. The maximum atomic E-state index is 9.19. The molecule has 0 fully saturated rings. The second-order valence-electron chi connectivity index (χ2n) is 7.21. The van der Waals surface area contributed by atoms with Gasteiger partial charge in [0.2, 0.25) is 5.69 Å². The van der Waals surface area contributed by atoms with E-state index < -0.39 is 43.6 Å². The molecule has 1 unspecified atom stereocenters. The molecule has 0 radical (unpaired) electrons. The number of fused-ring (bicyclic) bond motifs is 3. The first-order chi connectivity index (χ1) is 18.1. The van der Waals surface area contributed by atoms with Crippen molar-refractivity contribution >= 4 is 27.6 Å². The Morgan fingerprint density at radius 3 is 2.76 bits per heavy atom. The van der Waals surface area contributed by atoms with E-state index in [0.717, 1.165) is 6.92 Å². The van der Waals surface area contributed by atoms with Gasteiger partial charge in [-0.3, -0.25) is 0 Å². The van der Waals surface area contributed by atoms with E-state index in [4.69, 9.17) is 24.7 Å². The van der Waals surface area contributed by atoms with Crippen molar-refractivity contribution < 1.29 is 24.1 Å². The molecule has 0 bridgehead atoms. The molecule has 0 saturated carbocycles. The summed E-state index contributed by atoms with van der Waals surface area (Å²) in [6.45, 7) is 3.17. The van der Waals surface area contributed by atoms with Crippen LogP contribution in [0.5, 0.6) is 0 Å². The molecule has 2 heterocycles. The number of nitrogens with zero attached hydrogens (tertiary/aromatic N) is 2. The molecule has 0 N–H and O–H groups in total. The summed E-state index contributed by atoms with van der Waals surface area (Å²) in [5, 5.41) is 0.683. The monoisotopic (exact) mass is 394 g/mol. The summed E-state index contributed by atoms with van der Waals surface area (Å²) < 4.78 is 98.6. The molecule has 146 valence electrons. The van der Waals surface area contributed by atoms with Crippen LogP contribution in [0.1, 0.15) is 62.7 Å². The van der Waals surface area contributed by atoms with Gasteiger partial charge in [0, 0.05) is 43.0 Å². The highest BCUT2D eigenvalue weighted by molar-refractivity contribution is 6.12. The Morgan fingerprint density at radius 2 is 2.07 bits per heavy atom. The third kappa shape index (κ3) is 2.83. The summed E-state index contributed by atoms with van der Waals surface area (Å²) in [5.41, 5.74) is 0.617. The summed E-state index contributed by atoms with van der Waals surface area (Å²) in [4.78, 5) is 3.41. The van der Waals surface area contributed by atoms with Gasteiger partial charge in [0.25, 0.3) is 0 Å². The molecule has 29 heavy (non-hydrogen) atoms. The lowest BCUT2D eigenvalue weighted by Crippen LogP contribution is -2.36. The van der Waals surface area contributed by atoms with Crippen LogP contribution in [0.4, 0.5) is 5.69 Å². The molecule has 2 aromatic heterocycles. The third-order valence-corrected chi connectivity index (χ3v) is 5.36. The highest BCUT2D eigenvalue weighted by Crippen LogP contribution is 2.40. The van der Waals surface area contributed by atoms with Gasteiger partial charge in [-0.1, -0.05) is 32.0 Å². The molecule has 0 spiro atoms. The van der Waals surface area contributed by atoms with Crippen LogP contribution in [-0.2, 0) is 7.05 Å². The van der Waals surface area contributed by atoms with E-state index in [0.29, 0.717) is 10.9 Å². The van der Waals surface area contributed by atoms with Crippen LogP contribution in [0, 0.1) is 34.1 Å². The first-order valence-electron chi connectivity index (χ1n) is 14.6.